The van der Waals surface area contributed by atoms with Crippen LogP contribution in [-0.2, 0) is 0 Å². The van der Waals surface area contributed by atoms with Gasteiger partial charge in [0, 0.05) is 0 Å². The van der Waals surface area contributed by atoms with E-state index in [4.69, 9.17) is 10.8 Å². The number of hydrogen-bond acceptors (Lipinski definition) is 2. The van der Waals surface area contributed by atoms with E-state index in [0.29, 0.717) is 0 Å². The van der Waals surface area contributed by atoms with E-state index in [2.05, 4.69) is 0 Å². The fourth-order valence-electron chi connectivity index (χ4n) is 1.27. The van der Waals surface area contributed by atoms with Gasteiger partial charge in [-0.1, -0.05) is 18.2 Å². The summed E-state index contributed by atoms with van der Waals surface area (Å²) in [4.78, 5) is 0. The van der Waals surface area contributed by atoms with E-state index in [0.717, 1.165) is 5.56 Å². The number of benzene rings is 1. The summed E-state index contributed by atoms with van der Waals surface area (Å²) in [5.74, 6) is 0. The summed E-state index contributed by atoms with van der Waals surface area (Å²) in [5, 5.41) is 8.88. The third kappa shape index (κ3) is 2.69. The van der Waals surface area contributed by atoms with Crippen molar-refractivity contribution < 1.29 is 5.11 Å². The van der Waals surface area contributed by atoms with Crippen LogP contribution in [0.3, 0.4) is 0 Å². The van der Waals surface area contributed by atoms with Gasteiger partial charge < -0.3 is 10.8 Å². The molecule has 0 aliphatic heterocycles. The third-order valence-electron chi connectivity index (χ3n) is 2.24. The highest BCUT2D eigenvalue weighted by atomic mass is 35.5. The first-order chi connectivity index (χ1) is 5.66. The van der Waals surface area contributed by atoms with E-state index in [1.807, 2.05) is 32.0 Å². The maximum absolute atomic E-state index is 8.88. The van der Waals surface area contributed by atoms with Gasteiger partial charge in [0.2, 0.25) is 0 Å². The Hall–Kier alpha value is -0.570. The van der Waals surface area contributed by atoms with Gasteiger partial charge in [-0.3, -0.25) is 0 Å². The molecule has 0 saturated heterocycles. The van der Waals surface area contributed by atoms with Gasteiger partial charge in [-0.25, -0.2) is 0 Å². The predicted octanol–water partition coefficient (Wildman–Crippen LogP) is 1.72. The first-order valence-electron chi connectivity index (χ1n) is 4.09. The predicted molar refractivity (Wildman–Crippen MR) is 57.2 cm³/mol. The molecule has 0 saturated carbocycles. The molecule has 0 aromatic heterocycles. The van der Waals surface area contributed by atoms with Crippen molar-refractivity contribution in [2.75, 3.05) is 6.61 Å². The molecule has 0 amide bonds. The molecule has 3 heteroatoms. The second-order valence-corrected chi connectivity index (χ2v) is 3.08. The summed E-state index contributed by atoms with van der Waals surface area (Å²) in [6.45, 7) is 4.08. The Labute approximate surface area is 85.2 Å². The van der Waals surface area contributed by atoms with Crippen LogP contribution in [0.2, 0.25) is 0 Å². The lowest BCUT2D eigenvalue weighted by Gasteiger charge is -2.13. The first kappa shape index (κ1) is 12.4. The minimum absolute atomic E-state index is 0. The molecule has 0 spiro atoms. The minimum Gasteiger partial charge on any atom is -0.394 e. The van der Waals surface area contributed by atoms with Crippen LogP contribution in [0, 0.1) is 13.8 Å². The summed E-state index contributed by atoms with van der Waals surface area (Å²) in [6, 6.07) is 5.73. The summed E-state index contributed by atoms with van der Waals surface area (Å²) in [6.07, 6.45) is 0. The number of hydrogen-bond donors (Lipinski definition) is 2. The Morgan fingerprint density at radius 1 is 1.38 bits per heavy atom. The molecule has 1 aromatic carbocycles. The number of aryl methyl sites for hydroxylation is 1. The zero-order chi connectivity index (χ0) is 9.14. The van der Waals surface area contributed by atoms with Crippen LogP contribution in [0.1, 0.15) is 22.7 Å². The largest absolute Gasteiger partial charge is 0.394 e. The molecule has 0 unspecified atom stereocenters. The number of aliphatic hydroxyl groups is 1. The Morgan fingerprint density at radius 2 is 2.00 bits per heavy atom. The lowest BCUT2D eigenvalue weighted by molar-refractivity contribution is 0.267. The van der Waals surface area contributed by atoms with E-state index >= 15 is 0 Å². The van der Waals surface area contributed by atoms with Gasteiger partial charge in [0.15, 0.2) is 0 Å². The maximum Gasteiger partial charge on any atom is 0.0624 e. The molecule has 0 fully saturated rings. The molecule has 0 bridgehead atoms. The molecule has 1 rings (SSSR count). The van der Waals surface area contributed by atoms with Gasteiger partial charge in [-0.15, -0.1) is 12.4 Å². The molecule has 1 atom stereocenters. The van der Waals surface area contributed by atoms with Crippen LogP contribution < -0.4 is 5.73 Å². The standard InChI is InChI=1S/C10H15NO.ClH/c1-7-4-3-5-9(8(7)2)10(11)6-12;/h3-5,10,12H,6,11H2,1-2H3;1H/t10-;/m0./s1. The highest BCUT2D eigenvalue weighted by Crippen LogP contribution is 2.17. The molecule has 0 radical (unpaired) electrons. The average molecular weight is 202 g/mol. The minimum atomic E-state index is -0.245. The van der Waals surface area contributed by atoms with E-state index in [9.17, 15) is 0 Å². The lowest BCUT2D eigenvalue weighted by atomic mass is 9.98. The molecule has 0 heterocycles. The topological polar surface area (TPSA) is 46.2 Å². The maximum atomic E-state index is 8.88. The van der Waals surface area contributed by atoms with E-state index in [1.54, 1.807) is 0 Å². The van der Waals surface area contributed by atoms with Gasteiger partial charge in [0.05, 0.1) is 12.6 Å². The SMILES string of the molecule is Cc1cccc([C@@H](N)CO)c1C.Cl. The second-order valence-electron chi connectivity index (χ2n) is 3.08. The smallest absolute Gasteiger partial charge is 0.0624 e. The van der Waals surface area contributed by atoms with E-state index in [-0.39, 0.29) is 25.1 Å². The third-order valence-corrected chi connectivity index (χ3v) is 2.24. The molecule has 1 aromatic rings. The highest BCUT2D eigenvalue weighted by molar-refractivity contribution is 5.85. The van der Waals surface area contributed by atoms with Crippen LogP contribution in [0.15, 0.2) is 18.2 Å². The average Bonchev–Trinajstić information content (AvgIpc) is 2.08. The fraction of sp³-hybridized carbons (Fsp3) is 0.400. The summed E-state index contributed by atoms with van der Waals surface area (Å²) in [7, 11) is 0. The summed E-state index contributed by atoms with van der Waals surface area (Å²) < 4.78 is 0. The molecular weight excluding hydrogens is 186 g/mol. The van der Waals surface area contributed by atoms with Crippen LogP contribution in [-0.4, -0.2) is 11.7 Å². The Morgan fingerprint density at radius 3 is 2.54 bits per heavy atom. The van der Waals surface area contributed by atoms with Gasteiger partial charge in [-0.05, 0) is 30.5 Å². The molecular formula is C10H16ClNO. The van der Waals surface area contributed by atoms with Crippen LogP contribution >= 0.6 is 12.4 Å². The number of halogens is 1. The number of nitrogens with two attached hydrogens (primary N) is 1. The normalized spacial score (nSPS) is 12.0. The van der Waals surface area contributed by atoms with Gasteiger partial charge in [-0.2, -0.15) is 0 Å². The molecule has 3 N–H and O–H groups in total. The zero-order valence-electron chi connectivity index (χ0n) is 7.95. The zero-order valence-corrected chi connectivity index (χ0v) is 8.77. The molecule has 0 aliphatic rings. The van der Waals surface area contributed by atoms with Crippen molar-refractivity contribution >= 4 is 12.4 Å². The van der Waals surface area contributed by atoms with Crippen molar-refractivity contribution in [1.29, 1.82) is 0 Å². The van der Waals surface area contributed by atoms with Gasteiger partial charge in [0.1, 0.15) is 0 Å². The molecule has 13 heavy (non-hydrogen) atoms. The quantitative estimate of drug-likeness (QED) is 0.766. The van der Waals surface area contributed by atoms with Crippen molar-refractivity contribution in [2.45, 2.75) is 19.9 Å². The second kappa shape index (κ2) is 5.22. The van der Waals surface area contributed by atoms with Crippen molar-refractivity contribution in [2.24, 2.45) is 5.73 Å². The first-order valence-corrected chi connectivity index (χ1v) is 4.09. The molecule has 74 valence electrons. The number of aliphatic hydroxyl groups excluding tert-OH is 1. The summed E-state index contributed by atoms with van der Waals surface area (Å²) in [5.41, 5.74) is 9.15. The van der Waals surface area contributed by atoms with Crippen molar-refractivity contribution in [1.82, 2.24) is 0 Å². The van der Waals surface area contributed by atoms with E-state index in [1.165, 1.54) is 11.1 Å². The number of rotatable bonds is 2. The lowest BCUT2D eigenvalue weighted by Crippen LogP contribution is -2.15. The van der Waals surface area contributed by atoms with Crippen LogP contribution in [0.25, 0.3) is 0 Å². The monoisotopic (exact) mass is 201 g/mol. The van der Waals surface area contributed by atoms with E-state index < -0.39 is 0 Å². The molecule has 0 aliphatic carbocycles. The fourth-order valence-corrected chi connectivity index (χ4v) is 1.27. The molecule has 2 nitrogen and oxygen atoms in total. The van der Waals surface area contributed by atoms with Crippen molar-refractivity contribution in [3.63, 3.8) is 0 Å². The van der Waals surface area contributed by atoms with Crippen molar-refractivity contribution in [3.05, 3.63) is 34.9 Å². The van der Waals surface area contributed by atoms with Crippen molar-refractivity contribution in [3.8, 4) is 0 Å². The highest BCUT2D eigenvalue weighted by Gasteiger charge is 2.07. The Bertz CT molecular complexity index is 276. The van der Waals surface area contributed by atoms with Crippen LogP contribution in [0.5, 0.6) is 0 Å². The van der Waals surface area contributed by atoms with Crippen LogP contribution in [0.4, 0.5) is 0 Å². The van der Waals surface area contributed by atoms with Gasteiger partial charge in [0.25, 0.3) is 0 Å². The Balaban J connectivity index is 0.00000144. The Kier molecular flexibility index (Phi) is 4.99. The van der Waals surface area contributed by atoms with Gasteiger partial charge >= 0.3 is 0 Å². The summed E-state index contributed by atoms with van der Waals surface area (Å²) >= 11 is 0.